The minimum absolute atomic E-state index is 0. The minimum Gasteiger partial charge on any atom is -0.385 e. The lowest BCUT2D eigenvalue weighted by Gasteiger charge is -2.13. The summed E-state index contributed by atoms with van der Waals surface area (Å²) in [4.78, 5) is 4.20. The first-order valence-corrected chi connectivity index (χ1v) is 6.67. The van der Waals surface area contributed by atoms with Crippen LogP contribution in [0.3, 0.4) is 0 Å². The number of hydrogen-bond donors (Lipinski definition) is 2. The number of rotatable bonds is 6. The van der Waals surface area contributed by atoms with Crippen LogP contribution in [0.5, 0.6) is 0 Å². The fraction of sp³-hybridized carbons (Fsp3) is 0.533. The predicted molar refractivity (Wildman–Crippen MR) is 96.0 cm³/mol. The monoisotopic (exact) mass is 391 g/mol. The Bertz CT molecular complexity index is 422. The van der Waals surface area contributed by atoms with Crippen LogP contribution in [0.15, 0.2) is 23.2 Å². The first-order chi connectivity index (χ1) is 9.17. The molecule has 114 valence electrons. The van der Waals surface area contributed by atoms with Crippen LogP contribution in [0.25, 0.3) is 0 Å². The molecule has 0 aliphatic rings. The molecular weight excluding hydrogens is 365 g/mol. The summed E-state index contributed by atoms with van der Waals surface area (Å²) in [6.07, 6.45) is 0.973. The first-order valence-electron chi connectivity index (χ1n) is 6.67. The lowest BCUT2D eigenvalue weighted by atomic mass is 10.1. The molecule has 0 saturated heterocycles. The van der Waals surface area contributed by atoms with Gasteiger partial charge in [0, 0.05) is 33.9 Å². The number of nitrogens with zero attached hydrogens (tertiary/aromatic N) is 1. The van der Waals surface area contributed by atoms with Gasteiger partial charge in [0.2, 0.25) is 0 Å². The summed E-state index contributed by atoms with van der Waals surface area (Å²) in [5.41, 5.74) is 3.90. The third kappa shape index (κ3) is 7.09. The molecule has 0 bridgehead atoms. The van der Waals surface area contributed by atoms with Crippen molar-refractivity contribution in [1.82, 2.24) is 10.6 Å². The Morgan fingerprint density at radius 1 is 1.25 bits per heavy atom. The highest BCUT2D eigenvalue weighted by Crippen LogP contribution is 2.09. The van der Waals surface area contributed by atoms with E-state index in [0.717, 1.165) is 32.1 Å². The number of guanidine groups is 1. The number of nitrogens with one attached hydrogen (secondary N) is 2. The van der Waals surface area contributed by atoms with E-state index in [-0.39, 0.29) is 24.0 Å². The Balaban J connectivity index is 0.00000361. The van der Waals surface area contributed by atoms with Gasteiger partial charge in [-0.15, -0.1) is 24.0 Å². The molecule has 0 heterocycles. The second-order valence-electron chi connectivity index (χ2n) is 4.63. The van der Waals surface area contributed by atoms with Crippen molar-refractivity contribution in [3.63, 3.8) is 0 Å². The van der Waals surface area contributed by atoms with Crippen LogP contribution in [-0.4, -0.2) is 33.3 Å². The lowest BCUT2D eigenvalue weighted by Crippen LogP contribution is -2.37. The normalized spacial score (nSPS) is 10.9. The molecule has 4 nitrogen and oxygen atoms in total. The van der Waals surface area contributed by atoms with Gasteiger partial charge < -0.3 is 15.4 Å². The Morgan fingerprint density at radius 3 is 2.60 bits per heavy atom. The SMILES string of the molecule is CN=C(NCCCOC)NCc1ccc(C)cc1C.I. The standard InChI is InChI=1S/C15H25N3O.HI/c1-12-6-7-14(13(2)10-12)11-18-15(16-3)17-8-5-9-19-4;/h6-7,10H,5,8-9,11H2,1-4H3,(H2,16,17,18);1H. The van der Waals surface area contributed by atoms with Crippen LogP contribution in [0.4, 0.5) is 0 Å². The third-order valence-electron chi connectivity index (χ3n) is 2.99. The van der Waals surface area contributed by atoms with Crippen LogP contribution >= 0.6 is 24.0 Å². The Hall–Kier alpha value is -0.820. The average Bonchev–Trinajstić information content (AvgIpc) is 2.40. The first kappa shape index (κ1) is 19.2. The number of aliphatic imine (C=N–C) groups is 1. The second kappa shape index (κ2) is 10.9. The van der Waals surface area contributed by atoms with Gasteiger partial charge in [0.25, 0.3) is 0 Å². The number of benzene rings is 1. The molecule has 1 rings (SSSR count). The summed E-state index contributed by atoms with van der Waals surface area (Å²) in [6, 6.07) is 6.50. The van der Waals surface area contributed by atoms with Gasteiger partial charge in [0.1, 0.15) is 0 Å². The summed E-state index contributed by atoms with van der Waals surface area (Å²) in [5, 5.41) is 6.59. The molecule has 0 aliphatic carbocycles. The molecule has 0 fully saturated rings. The van der Waals surface area contributed by atoms with Gasteiger partial charge in [-0.25, -0.2) is 0 Å². The van der Waals surface area contributed by atoms with Crippen molar-refractivity contribution in [2.24, 2.45) is 4.99 Å². The fourth-order valence-corrected chi connectivity index (χ4v) is 1.87. The molecule has 0 amide bonds. The molecule has 0 aliphatic heterocycles. The van der Waals surface area contributed by atoms with E-state index in [1.165, 1.54) is 16.7 Å². The Labute approximate surface area is 139 Å². The van der Waals surface area contributed by atoms with Crippen molar-refractivity contribution < 1.29 is 4.74 Å². The topological polar surface area (TPSA) is 45.7 Å². The van der Waals surface area contributed by atoms with E-state index in [0.29, 0.717) is 0 Å². The number of halogens is 1. The van der Waals surface area contributed by atoms with Crippen LogP contribution < -0.4 is 10.6 Å². The fourth-order valence-electron chi connectivity index (χ4n) is 1.87. The van der Waals surface area contributed by atoms with E-state index >= 15 is 0 Å². The minimum atomic E-state index is 0. The third-order valence-corrected chi connectivity index (χ3v) is 2.99. The summed E-state index contributed by atoms with van der Waals surface area (Å²) in [5.74, 6) is 0.830. The van der Waals surface area contributed by atoms with E-state index < -0.39 is 0 Å². The zero-order chi connectivity index (χ0) is 14.1. The maximum absolute atomic E-state index is 5.01. The molecule has 2 N–H and O–H groups in total. The Kier molecular flexibility index (Phi) is 10.5. The van der Waals surface area contributed by atoms with E-state index in [1.807, 2.05) is 0 Å². The van der Waals surface area contributed by atoms with Crippen molar-refractivity contribution in [2.45, 2.75) is 26.8 Å². The highest BCUT2D eigenvalue weighted by molar-refractivity contribution is 14.0. The summed E-state index contributed by atoms with van der Waals surface area (Å²) in [7, 11) is 3.50. The molecule has 1 aromatic rings. The van der Waals surface area contributed by atoms with Gasteiger partial charge in [-0.2, -0.15) is 0 Å². The number of hydrogen-bond acceptors (Lipinski definition) is 2. The Morgan fingerprint density at radius 2 is 2.00 bits per heavy atom. The highest BCUT2D eigenvalue weighted by atomic mass is 127. The van der Waals surface area contributed by atoms with Gasteiger partial charge >= 0.3 is 0 Å². The van der Waals surface area contributed by atoms with Crippen LogP contribution in [0, 0.1) is 13.8 Å². The van der Waals surface area contributed by atoms with E-state index in [2.05, 4.69) is 47.7 Å². The average molecular weight is 391 g/mol. The van der Waals surface area contributed by atoms with Gasteiger partial charge in [-0.3, -0.25) is 4.99 Å². The lowest BCUT2D eigenvalue weighted by molar-refractivity contribution is 0.195. The zero-order valence-corrected chi connectivity index (χ0v) is 15.2. The van der Waals surface area contributed by atoms with Gasteiger partial charge in [0.15, 0.2) is 5.96 Å². The number of ether oxygens (including phenoxy) is 1. The largest absolute Gasteiger partial charge is 0.385 e. The highest BCUT2D eigenvalue weighted by Gasteiger charge is 2.01. The maximum atomic E-state index is 5.01. The van der Waals surface area contributed by atoms with E-state index in [4.69, 9.17) is 4.74 Å². The van der Waals surface area contributed by atoms with Crippen LogP contribution in [0.2, 0.25) is 0 Å². The van der Waals surface area contributed by atoms with Crippen molar-refractivity contribution >= 4 is 29.9 Å². The quantitative estimate of drug-likeness (QED) is 0.339. The maximum Gasteiger partial charge on any atom is 0.191 e. The molecule has 0 spiro atoms. The van der Waals surface area contributed by atoms with Crippen molar-refractivity contribution in [1.29, 1.82) is 0 Å². The molecule has 0 saturated carbocycles. The molecule has 0 unspecified atom stereocenters. The smallest absolute Gasteiger partial charge is 0.191 e. The summed E-state index contributed by atoms with van der Waals surface area (Å²) >= 11 is 0. The van der Waals surface area contributed by atoms with Gasteiger partial charge in [0.05, 0.1) is 0 Å². The molecule has 0 radical (unpaired) electrons. The predicted octanol–water partition coefficient (Wildman–Crippen LogP) is 2.62. The molecular formula is C15H26IN3O. The second-order valence-corrected chi connectivity index (χ2v) is 4.63. The van der Waals surface area contributed by atoms with Crippen LogP contribution in [0.1, 0.15) is 23.1 Å². The number of aryl methyl sites for hydroxylation is 2. The zero-order valence-electron chi connectivity index (χ0n) is 12.8. The number of methoxy groups -OCH3 is 1. The van der Waals surface area contributed by atoms with Crippen molar-refractivity contribution in [3.05, 3.63) is 34.9 Å². The van der Waals surface area contributed by atoms with Gasteiger partial charge in [-0.1, -0.05) is 23.8 Å². The molecule has 0 aromatic heterocycles. The van der Waals surface area contributed by atoms with E-state index in [9.17, 15) is 0 Å². The molecule has 20 heavy (non-hydrogen) atoms. The van der Waals surface area contributed by atoms with Crippen molar-refractivity contribution in [2.75, 3.05) is 27.3 Å². The molecule has 1 aromatic carbocycles. The van der Waals surface area contributed by atoms with Crippen molar-refractivity contribution in [3.8, 4) is 0 Å². The van der Waals surface area contributed by atoms with Crippen LogP contribution in [-0.2, 0) is 11.3 Å². The molecule has 0 atom stereocenters. The summed E-state index contributed by atoms with van der Waals surface area (Å²) in [6.45, 7) is 6.66. The molecule has 5 heteroatoms. The summed E-state index contributed by atoms with van der Waals surface area (Å²) < 4.78 is 5.01. The van der Waals surface area contributed by atoms with E-state index in [1.54, 1.807) is 14.2 Å². The van der Waals surface area contributed by atoms with Gasteiger partial charge in [-0.05, 0) is 31.4 Å².